The van der Waals surface area contributed by atoms with Gasteiger partial charge in [-0.15, -0.1) is 0 Å². The van der Waals surface area contributed by atoms with Crippen molar-refractivity contribution in [1.29, 1.82) is 0 Å². The molecule has 3 atom stereocenters. The van der Waals surface area contributed by atoms with E-state index in [1.807, 2.05) is 0 Å². The Kier molecular flexibility index (Phi) is 3.19. The summed E-state index contributed by atoms with van der Waals surface area (Å²) in [5.74, 6) is 0.535. The van der Waals surface area contributed by atoms with Gasteiger partial charge >= 0.3 is 0 Å². The molecule has 2 aromatic carbocycles. The van der Waals surface area contributed by atoms with Crippen molar-refractivity contribution >= 4 is 16.5 Å². The first-order chi connectivity index (χ1) is 9.18. The van der Waals surface area contributed by atoms with Crippen molar-refractivity contribution in [1.82, 2.24) is 0 Å². The highest BCUT2D eigenvalue weighted by Gasteiger charge is 2.30. The molecule has 0 aliphatic carbocycles. The van der Waals surface area contributed by atoms with E-state index < -0.39 is 0 Å². The molecule has 1 aliphatic rings. The van der Waals surface area contributed by atoms with Crippen molar-refractivity contribution in [3.8, 4) is 0 Å². The fourth-order valence-electron chi connectivity index (χ4n) is 3.19. The Bertz CT molecular complexity index is 573. The molecule has 1 saturated heterocycles. The van der Waals surface area contributed by atoms with Gasteiger partial charge in [-0.1, -0.05) is 43.3 Å². The van der Waals surface area contributed by atoms with Gasteiger partial charge in [-0.25, -0.2) is 0 Å². The molecule has 19 heavy (non-hydrogen) atoms. The number of hydrogen-bond acceptors (Lipinski definition) is 2. The Morgan fingerprint density at radius 2 is 1.79 bits per heavy atom. The lowest BCUT2D eigenvalue weighted by molar-refractivity contribution is 0.316. The number of piperidine rings is 1. The maximum absolute atomic E-state index is 6.19. The highest BCUT2D eigenvalue weighted by atomic mass is 15.2. The van der Waals surface area contributed by atoms with Gasteiger partial charge in [0.05, 0.1) is 0 Å². The molecule has 1 fully saturated rings. The average Bonchev–Trinajstić information content (AvgIpc) is 2.45. The van der Waals surface area contributed by atoms with Gasteiger partial charge < -0.3 is 10.6 Å². The predicted octanol–water partition coefficient (Wildman–Crippen LogP) is 3.40. The molecule has 2 aromatic rings. The van der Waals surface area contributed by atoms with Crippen molar-refractivity contribution in [3.05, 3.63) is 42.5 Å². The second-order valence-corrected chi connectivity index (χ2v) is 5.74. The number of nitrogens with two attached hydrogens (primary N) is 1. The summed E-state index contributed by atoms with van der Waals surface area (Å²) < 4.78 is 0. The van der Waals surface area contributed by atoms with Gasteiger partial charge in [-0.05, 0) is 30.7 Å². The van der Waals surface area contributed by atoms with E-state index in [-0.39, 0.29) is 0 Å². The van der Waals surface area contributed by atoms with E-state index in [9.17, 15) is 0 Å². The van der Waals surface area contributed by atoms with Gasteiger partial charge in [0.2, 0.25) is 0 Å². The van der Waals surface area contributed by atoms with Crippen molar-refractivity contribution in [2.24, 2.45) is 11.7 Å². The third-order valence-corrected chi connectivity index (χ3v) is 4.71. The largest absolute Gasteiger partial charge is 0.368 e. The van der Waals surface area contributed by atoms with E-state index in [2.05, 4.69) is 61.2 Å². The summed E-state index contributed by atoms with van der Waals surface area (Å²) in [6, 6.07) is 16.0. The minimum Gasteiger partial charge on any atom is -0.368 e. The summed E-state index contributed by atoms with van der Waals surface area (Å²) >= 11 is 0. The predicted molar refractivity (Wildman–Crippen MR) is 82.5 cm³/mol. The van der Waals surface area contributed by atoms with E-state index in [1.165, 1.54) is 16.5 Å². The zero-order chi connectivity index (χ0) is 13.4. The summed E-state index contributed by atoms with van der Waals surface area (Å²) in [6.45, 7) is 5.62. The molecule has 3 rings (SSSR count). The average molecular weight is 254 g/mol. The standard InChI is InChI=1S/C17H22N2/c1-12-13(2)19(11-10-16(12)18)17-9-5-7-14-6-3-4-8-15(14)17/h3-9,12-13,16H,10-11,18H2,1-2H3. The summed E-state index contributed by atoms with van der Waals surface area (Å²) in [5.41, 5.74) is 7.55. The Balaban J connectivity index is 2.05. The highest BCUT2D eigenvalue weighted by Crippen LogP contribution is 2.33. The van der Waals surface area contributed by atoms with Gasteiger partial charge in [0, 0.05) is 29.7 Å². The normalized spacial score (nSPS) is 27.7. The number of anilines is 1. The van der Waals surface area contributed by atoms with E-state index in [0.717, 1.165) is 13.0 Å². The fraction of sp³-hybridized carbons (Fsp3) is 0.412. The number of benzene rings is 2. The van der Waals surface area contributed by atoms with Crippen LogP contribution >= 0.6 is 0 Å². The quantitative estimate of drug-likeness (QED) is 0.845. The molecule has 0 radical (unpaired) electrons. The lowest BCUT2D eigenvalue weighted by Crippen LogP contribution is -2.51. The monoisotopic (exact) mass is 254 g/mol. The second-order valence-electron chi connectivity index (χ2n) is 5.74. The van der Waals surface area contributed by atoms with E-state index in [1.54, 1.807) is 0 Å². The van der Waals surface area contributed by atoms with Crippen LogP contribution in [0.4, 0.5) is 5.69 Å². The Labute approximate surface area is 115 Å². The molecular formula is C17H22N2. The minimum absolute atomic E-state index is 0.334. The smallest absolute Gasteiger partial charge is 0.0448 e. The molecular weight excluding hydrogens is 232 g/mol. The van der Waals surface area contributed by atoms with Crippen LogP contribution < -0.4 is 10.6 Å². The third kappa shape index (κ3) is 2.10. The summed E-state index contributed by atoms with van der Waals surface area (Å²) in [4.78, 5) is 2.52. The first kappa shape index (κ1) is 12.5. The molecule has 0 spiro atoms. The lowest BCUT2D eigenvalue weighted by atomic mass is 9.87. The van der Waals surface area contributed by atoms with Crippen LogP contribution in [0.1, 0.15) is 20.3 Å². The van der Waals surface area contributed by atoms with Gasteiger partial charge in [0.1, 0.15) is 0 Å². The van der Waals surface area contributed by atoms with Gasteiger partial charge in [-0.2, -0.15) is 0 Å². The summed E-state index contributed by atoms with van der Waals surface area (Å²) in [7, 11) is 0. The molecule has 2 N–H and O–H groups in total. The molecule has 2 nitrogen and oxygen atoms in total. The summed E-state index contributed by atoms with van der Waals surface area (Å²) in [5, 5.41) is 2.66. The third-order valence-electron chi connectivity index (χ3n) is 4.71. The van der Waals surface area contributed by atoms with Crippen LogP contribution in [0.2, 0.25) is 0 Å². The van der Waals surface area contributed by atoms with Gasteiger partial charge in [0.15, 0.2) is 0 Å². The minimum atomic E-state index is 0.334. The second kappa shape index (κ2) is 4.86. The molecule has 100 valence electrons. The van der Waals surface area contributed by atoms with Crippen LogP contribution in [0.15, 0.2) is 42.5 Å². The molecule has 0 amide bonds. The molecule has 0 aromatic heterocycles. The maximum atomic E-state index is 6.19. The maximum Gasteiger partial charge on any atom is 0.0448 e. The zero-order valence-electron chi connectivity index (χ0n) is 11.7. The van der Waals surface area contributed by atoms with Crippen LogP contribution in [0, 0.1) is 5.92 Å². The SMILES string of the molecule is CC1C(N)CCN(c2cccc3ccccc23)C1C. The molecule has 1 aliphatic heterocycles. The lowest BCUT2D eigenvalue weighted by Gasteiger charge is -2.43. The van der Waals surface area contributed by atoms with Crippen molar-refractivity contribution in [3.63, 3.8) is 0 Å². The van der Waals surface area contributed by atoms with Crippen LogP contribution in [0.25, 0.3) is 10.8 Å². The van der Waals surface area contributed by atoms with E-state index >= 15 is 0 Å². The fourth-order valence-corrected chi connectivity index (χ4v) is 3.19. The van der Waals surface area contributed by atoms with Crippen molar-refractivity contribution in [2.75, 3.05) is 11.4 Å². The van der Waals surface area contributed by atoms with Crippen molar-refractivity contribution < 1.29 is 0 Å². The topological polar surface area (TPSA) is 29.3 Å². The molecule has 1 heterocycles. The summed E-state index contributed by atoms with van der Waals surface area (Å²) in [6.07, 6.45) is 1.08. The Morgan fingerprint density at radius 1 is 1.05 bits per heavy atom. The van der Waals surface area contributed by atoms with Crippen LogP contribution in [0.5, 0.6) is 0 Å². The van der Waals surface area contributed by atoms with E-state index in [0.29, 0.717) is 18.0 Å². The van der Waals surface area contributed by atoms with Crippen LogP contribution in [-0.2, 0) is 0 Å². The molecule has 0 bridgehead atoms. The van der Waals surface area contributed by atoms with Gasteiger partial charge in [0.25, 0.3) is 0 Å². The molecule has 3 unspecified atom stereocenters. The first-order valence-corrected chi connectivity index (χ1v) is 7.18. The highest BCUT2D eigenvalue weighted by molar-refractivity contribution is 5.94. The van der Waals surface area contributed by atoms with Crippen LogP contribution in [-0.4, -0.2) is 18.6 Å². The zero-order valence-corrected chi connectivity index (χ0v) is 11.7. The Morgan fingerprint density at radius 3 is 2.63 bits per heavy atom. The number of hydrogen-bond donors (Lipinski definition) is 1. The number of nitrogens with zero attached hydrogens (tertiary/aromatic N) is 1. The number of fused-ring (bicyclic) bond motifs is 1. The Hall–Kier alpha value is -1.54. The first-order valence-electron chi connectivity index (χ1n) is 7.18. The molecule has 2 heteroatoms. The van der Waals surface area contributed by atoms with Crippen LogP contribution in [0.3, 0.4) is 0 Å². The molecule has 0 saturated carbocycles. The number of rotatable bonds is 1. The van der Waals surface area contributed by atoms with E-state index in [4.69, 9.17) is 5.73 Å². The van der Waals surface area contributed by atoms with Gasteiger partial charge in [-0.3, -0.25) is 0 Å². The van der Waals surface area contributed by atoms with Crippen molar-refractivity contribution in [2.45, 2.75) is 32.4 Å².